The van der Waals surface area contributed by atoms with Crippen LogP contribution in [0.5, 0.6) is 0 Å². The van der Waals surface area contributed by atoms with Gasteiger partial charge in [0.15, 0.2) is 0 Å². The number of pyridine rings is 2. The van der Waals surface area contributed by atoms with Gasteiger partial charge in [-0.25, -0.2) is 4.98 Å². The summed E-state index contributed by atoms with van der Waals surface area (Å²) < 4.78 is 0. The van der Waals surface area contributed by atoms with Crippen LogP contribution in [0.1, 0.15) is 45.8 Å². The van der Waals surface area contributed by atoms with Crippen molar-refractivity contribution >= 4 is 40.5 Å². The predicted octanol–water partition coefficient (Wildman–Crippen LogP) is 5.03. The molecule has 3 heterocycles. The number of carbonyl (C=O) groups excluding carboxylic acids is 1. The molecule has 174 valence electrons. The zero-order valence-electron chi connectivity index (χ0n) is 19.7. The Hall–Kier alpha value is -4.44. The molecule has 3 N–H and O–H groups in total. The molecule has 0 saturated heterocycles. The maximum Gasteiger partial charge on any atom is 0.255 e. The molecule has 1 amide bonds. The summed E-state index contributed by atoms with van der Waals surface area (Å²) in [5.74, 6) is 6.96. The van der Waals surface area contributed by atoms with E-state index in [4.69, 9.17) is 0 Å². The number of anilines is 2. The molecular formula is C28H26N6O. The minimum absolute atomic E-state index is 0.208. The van der Waals surface area contributed by atoms with E-state index < -0.39 is 0 Å². The summed E-state index contributed by atoms with van der Waals surface area (Å²) in [6, 6.07) is 13.5. The van der Waals surface area contributed by atoms with Crippen molar-refractivity contribution in [1.82, 2.24) is 25.5 Å². The van der Waals surface area contributed by atoms with E-state index in [0.717, 1.165) is 33.7 Å². The minimum Gasteiger partial charge on any atom is -0.341 e. The predicted molar refractivity (Wildman–Crippen MR) is 139 cm³/mol. The van der Waals surface area contributed by atoms with Crippen molar-refractivity contribution in [3.05, 3.63) is 76.9 Å². The van der Waals surface area contributed by atoms with Gasteiger partial charge >= 0.3 is 0 Å². The fourth-order valence-corrected chi connectivity index (χ4v) is 3.84. The first-order chi connectivity index (χ1) is 17.0. The molecule has 7 heteroatoms. The molecule has 0 unspecified atom stereocenters. The van der Waals surface area contributed by atoms with E-state index in [1.165, 1.54) is 18.4 Å². The highest BCUT2D eigenvalue weighted by molar-refractivity contribution is 6.00. The van der Waals surface area contributed by atoms with Crippen LogP contribution >= 0.6 is 0 Å². The maximum atomic E-state index is 12.7. The topological polar surface area (TPSA) is 95.6 Å². The molecule has 0 atom stereocenters. The number of fused-ring (bicyclic) bond motifs is 1. The van der Waals surface area contributed by atoms with Crippen molar-refractivity contribution in [2.75, 3.05) is 11.9 Å². The van der Waals surface area contributed by atoms with Crippen LogP contribution in [0.3, 0.4) is 0 Å². The van der Waals surface area contributed by atoms with Gasteiger partial charge in [0.2, 0.25) is 0 Å². The number of aryl methyl sites for hydroxylation is 2. The number of carbonyl (C=O) groups is 1. The van der Waals surface area contributed by atoms with Crippen molar-refractivity contribution in [2.24, 2.45) is 5.92 Å². The number of benzene rings is 1. The molecule has 1 fully saturated rings. The van der Waals surface area contributed by atoms with Crippen LogP contribution in [-0.2, 0) is 0 Å². The molecule has 3 aromatic heterocycles. The Bertz CT molecular complexity index is 1470. The third-order valence-corrected chi connectivity index (χ3v) is 5.66. The number of hydrogen-bond donors (Lipinski definition) is 3. The second-order valence-corrected chi connectivity index (χ2v) is 8.72. The monoisotopic (exact) mass is 462 g/mol. The Morgan fingerprint density at radius 2 is 2.06 bits per heavy atom. The summed E-state index contributed by atoms with van der Waals surface area (Å²) in [6.45, 7) is 4.38. The van der Waals surface area contributed by atoms with E-state index in [1.54, 1.807) is 18.3 Å². The van der Waals surface area contributed by atoms with Gasteiger partial charge in [-0.05, 0) is 86.9 Å². The molecule has 4 aromatic rings. The molecule has 1 saturated carbocycles. The van der Waals surface area contributed by atoms with Crippen LogP contribution in [0.4, 0.5) is 11.5 Å². The first-order valence-corrected chi connectivity index (χ1v) is 11.7. The van der Waals surface area contributed by atoms with Gasteiger partial charge in [-0.2, -0.15) is 5.10 Å². The molecule has 5 rings (SSSR count). The maximum absolute atomic E-state index is 12.7. The highest BCUT2D eigenvalue weighted by Crippen LogP contribution is 2.27. The largest absolute Gasteiger partial charge is 0.341 e. The molecule has 0 spiro atoms. The summed E-state index contributed by atoms with van der Waals surface area (Å²) in [7, 11) is 0. The Kier molecular flexibility index (Phi) is 6.27. The van der Waals surface area contributed by atoms with E-state index >= 15 is 0 Å². The van der Waals surface area contributed by atoms with Crippen LogP contribution in [0.2, 0.25) is 0 Å². The number of nitrogens with one attached hydrogen (secondary N) is 3. The second kappa shape index (κ2) is 9.82. The SMILES string of the molecule is Cc1cc(C)nc(C=Cc2n[nH]c3cc(Nc4ncccc4C(=O)NCC#CC4CC4)ccc23)c1. The average Bonchev–Trinajstić information content (AvgIpc) is 3.58. The normalized spacial score (nSPS) is 13.0. The van der Waals surface area contributed by atoms with E-state index in [9.17, 15) is 4.79 Å². The Labute approximate surface area is 204 Å². The standard InChI is InChI=1S/C28H26N6O/c1-18-15-19(2)31-21(16-18)10-12-25-23-11-9-22(17-26(23)34-33-25)32-27-24(6-4-13-29-27)28(35)30-14-3-5-20-7-8-20/h4,6,9-13,15-17,20H,7-8,14H2,1-2H3,(H,29,32)(H,30,35)(H,33,34). The van der Waals surface area contributed by atoms with Crippen molar-refractivity contribution < 1.29 is 4.79 Å². The smallest absolute Gasteiger partial charge is 0.255 e. The Balaban J connectivity index is 1.31. The van der Waals surface area contributed by atoms with Gasteiger partial charge in [0.1, 0.15) is 5.82 Å². The summed E-state index contributed by atoms with van der Waals surface area (Å²) in [5, 5.41) is 14.6. The van der Waals surface area contributed by atoms with Crippen LogP contribution < -0.4 is 10.6 Å². The van der Waals surface area contributed by atoms with Crippen molar-refractivity contribution in [1.29, 1.82) is 0 Å². The number of H-pyrrole nitrogens is 1. The zero-order chi connectivity index (χ0) is 24.2. The van der Waals surface area contributed by atoms with Gasteiger partial charge in [0.25, 0.3) is 5.91 Å². The Morgan fingerprint density at radius 3 is 2.89 bits per heavy atom. The van der Waals surface area contributed by atoms with Crippen LogP contribution in [0, 0.1) is 31.6 Å². The fourth-order valence-electron chi connectivity index (χ4n) is 3.84. The van der Waals surface area contributed by atoms with Crippen molar-refractivity contribution in [3.63, 3.8) is 0 Å². The molecule has 35 heavy (non-hydrogen) atoms. The molecule has 1 aliphatic rings. The van der Waals surface area contributed by atoms with Gasteiger partial charge in [-0.3, -0.25) is 14.9 Å². The lowest BCUT2D eigenvalue weighted by Crippen LogP contribution is -2.24. The Morgan fingerprint density at radius 1 is 1.17 bits per heavy atom. The molecule has 1 aliphatic carbocycles. The molecule has 1 aromatic carbocycles. The quantitative estimate of drug-likeness (QED) is 0.350. The first-order valence-electron chi connectivity index (χ1n) is 11.7. The van der Waals surface area contributed by atoms with E-state index in [-0.39, 0.29) is 5.91 Å². The number of aromatic nitrogens is 4. The van der Waals surface area contributed by atoms with Crippen LogP contribution in [0.15, 0.2) is 48.7 Å². The molecule has 0 radical (unpaired) electrons. The van der Waals surface area contributed by atoms with Gasteiger partial charge in [0, 0.05) is 28.9 Å². The average molecular weight is 463 g/mol. The summed E-state index contributed by atoms with van der Waals surface area (Å²) >= 11 is 0. The summed E-state index contributed by atoms with van der Waals surface area (Å²) in [5.41, 5.74) is 6.04. The van der Waals surface area contributed by atoms with Gasteiger partial charge in [-0.15, -0.1) is 0 Å². The van der Waals surface area contributed by atoms with Crippen LogP contribution in [-0.4, -0.2) is 32.6 Å². The lowest BCUT2D eigenvalue weighted by atomic mass is 10.1. The zero-order valence-corrected chi connectivity index (χ0v) is 19.7. The fraction of sp³-hybridized carbons (Fsp3) is 0.214. The number of nitrogens with zero attached hydrogens (tertiary/aromatic N) is 3. The number of rotatable bonds is 6. The summed E-state index contributed by atoms with van der Waals surface area (Å²) in [4.78, 5) is 21.6. The second-order valence-electron chi connectivity index (χ2n) is 8.72. The van der Waals surface area contributed by atoms with Crippen molar-refractivity contribution in [3.8, 4) is 11.8 Å². The number of aromatic amines is 1. The van der Waals surface area contributed by atoms with Gasteiger partial charge in [-0.1, -0.05) is 11.8 Å². The van der Waals surface area contributed by atoms with E-state index in [1.807, 2.05) is 43.3 Å². The minimum atomic E-state index is -0.208. The van der Waals surface area contributed by atoms with Gasteiger partial charge < -0.3 is 10.6 Å². The van der Waals surface area contributed by atoms with Crippen molar-refractivity contribution in [2.45, 2.75) is 26.7 Å². The highest BCUT2D eigenvalue weighted by Gasteiger charge is 2.17. The molecular weight excluding hydrogens is 436 g/mol. The van der Waals surface area contributed by atoms with Crippen LogP contribution in [0.25, 0.3) is 23.1 Å². The van der Waals surface area contributed by atoms with E-state index in [2.05, 4.69) is 55.6 Å². The first kappa shape index (κ1) is 22.4. The molecule has 0 aliphatic heterocycles. The third kappa shape index (κ3) is 5.56. The molecule has 7 nitrogen and oxygen atoms in total. The third-order valence-electron chi connectivity index (χ3n) is 5.66. The number of amides is 1. The van der Waals surface area contributed by atoms with E-state index in [0.29, 0.717) is 23.8 Å². The summed E-state index contributed by atoms with van der Waals surface area (Å²) in [6.07, 6.45) is 7.92. The number of hydrogen-bond acceptors (Lipinski definition) is 5. The molecule has 0 bridgehead atoms. The lowest BCUT2D eigenvalue weighted by molar-refractivity contribution is 0.0959. The lowest BCUT2D eigenvalue weighted by Gasteiger charge is -2.10. The highest BCUT2D eigenvalue weighted by atomic mass is 16.1. The van der Waals surface area contributed by atoms with Gasteiger partial charge in [0.05, 0.1) is 29.0 Å².